The van der Waals surface area contributed by atoms with E-state index in [-0.39, 0.29) is 20.4 Å². The topological polar surface area (TPSA) is 145 Å². The summed E-state index contributed by atoms with van der Waals surface area (Å²) < 4.78 is 21.0. The number of ether oxygens (including phenoxy) is 4. The summed E-state index contributed by atoms with van der Waals surface area (Å²) in [4.78, 5) is 63.7. The van der Waals surface area contributed by atoms with Crippen LogP contribution in [-0.2, 0) is 63.3 Å². The number of aliphatic carboxylic acids is 1. The minimum Gasteiger partial charge on any atom is -0.550 e. The fourth-order valence-corrected chi connectivity index (χ4v) is 12.1. The van der Waals surface area contributed by atoms with Crippen LogP contribution in [0.1, 0.15) is 29.4 Å². The molecule has 2 atom stereocenters. The van der Waals surface area contributed by atoms with Crippen molar-refractivity contribution >= 4 is 66.9 Å². The zero-order chi connectivity index (χ0) is 40.6. The number of hydrogen-bond acceptors (Lipinski definition) is 10. The number of rotatable bonds is 14. The number of carbonyl (C=O) groups is 5. The van der Waals surface area contributed by atoms with Crippen molar-refractivity contribution in [3.63, 3.8) is 0 Å². The number of methoxy groups -OCH3 is 4. The summed E-state index contributed by atoms with van der Waals surface area (Å²) in [6.07, 6.45) is 0. The van der Waals surface area contributed by atoms with Gasteiger partial charge in [0.2, 0.25) is 0 Å². The van der Waals surface area contributed by atoms with Gasteiger partial charge in [0.25, 0.3) is 0 Å². The first-order valence-electron chi connectivity index (χ1n) is 17.4. The van der Waals surface area contributed by atoms with Crippen LogP contribution in [0.3, 0.4) is 0 Å². The predicted molar refractivity (Wildman–Crippen MR) is 215 cm³/mol. The Labute approximate surface area is 349 Å². The Morgan fingerprint density at radius 3 is 0.895 bits per heavy atom. The monoisotopic (exact) mass is 898 g/mol. The molecule has 0 saturated carbocycles. The smallest absolute Gasteiger partial charge is 0.321 e. The molecule has 0 aliphatic rings. The van der Waals surface area contributed by atoms with E-state index in [4.69, 9.17) is 28.8 Å². The van der Waals surface area contributed by atoms with Gasteiger partial charge in [0, 0.05) is 37.7 Å². The molecule has 1 radical (unpaired) electrons. The van der Waals surface area contributed by atoms with Crippen LogP contribution in [0, 0.1) is 17.9 Å². The molecule has 13 heteroatoms. The Hall–Kier alpha value is -5.03. The summed E-state index contributed by atoms with van der Waals surface area (Å²) in [5.41, 5.74) is -0.664. The van der Waals surface area contributed by atoms with Crippen LogP contribution in [0.2, 0.25) is 0 Å². The fraction of sp³-hybridized carbons (Fsp3) is 0.205. The van der Waals surface area contributed by atoms with Crippen molar-refractivity contribution in [3.8, 4) is 0 Å². The molecule has 10 nitrogen and oxygen atoms in total. The van der Waals surface area contributed by atoms with Gasteiger partial charge in [0.05, 0.1) is 28.4 Å². The van der Waals surface area contributed by atoms with Crippen LogP contribution in [0.5, 0.6) is 0 Å². The molecule has 0 spiro atoms. The Bertz CT molecular complexity index is 1800. The second-order valence-electron chi connectivity index (χ2n) is 12.1. The van der Waals surface area contributed by atoms with Gasteiger partial charge in [-0.1, -0.05) is 140 Å². The van der Waals surface area contributed by atoms with E-state index in [2.05, 4.69) is 6.07 Å². The van der Waals surface area contributed by atoms with Crippen molar-refractivity contribution in [2.24, 2.45) is 11.8 Å². The first kappa shape index (κ1) is 46.4. The zero-order valence-corrected chi connectivity index (χ0v) is 35.2. The van der Waals surface area contributed by atoms with E-state index in [9.17, 15) is 19.2 Å². The van der Waals surface area contributed by atoms with Crippen LogP contribution in [0.4, 0.5) is 0 Å². The Morgan fingerprint density at radius 1 is 0.456 bits per heavy atom. The molecule has 0 amide bonds. The number of carboxylic acid groups (broad SMARTS) is 1. The van der Waals surface area contributed by atoms with Gasteiger partial charge >= 0.3 is 23.9 Å². The molecule has 0 aliphatic heterocycles. The average molecular weight is 899 g/mol. The van der Waals surface area contributed by atoms with Crippen LogP contribution >= 0.6 is 15.8 Å². The van der Waals surface area contributed by atoms with Crippen molar-refractivity contribution in [1.29, 1.82) is 0 Å². The standard InChI is InChI=1S/C42H39O8P2.C2H4O2.Pd/c1-47-39(43)35(40(44)48-2)37(51(31-20-9-5-10-21-31)32-22-11-6-12-23-32)29-18-17-19-30(28-29)38(36(41(45)49-3)42(46)50-4)52(33-24-13-7-14-25-33)34-26-15-8-16-27-34;1-2(3)4;/h5-27,35-38H,1-4H3;1H3,(H,3,4);/p-1/t37-,38-;;/m0../s1. The van der Waals surface area contributed by atoms with Gasteiger partial charge in [0.15, 0.2) is 11.8 Å². The first-order valence-corrected chi connectivity index (χ1v) is 20.2. The van der Waals surface area contributed by atoms with E-state index in [0.717, 1.165) is 28.1 Å². The molecular weight excluding hydrogens is 857 g/mol. The molecule has 0 aromatic heterocycles. The summed E-state index contributed by atoms with van der Waals surface area (Å²) in [7, 11) is 1.96. The molecule has 0 saturated heterocycles. The largest absolute Gasteiger partial charge is 0.550 e. The summed E-state index contributed by atoms with van der Waals surface area (Å²) in [6, 6.07) is 47.7. The van der Waals surface area contributed by atoms with Crippen LogP contribution in [0.15, 0.2) is 140 Å². The number of carbonyl (C=O) groups excluding carboxylic acids is 5. The third kappa shape index (κ3) is 12.0. The second-order valence-corrected chi connectivity index (χ2v) is 16.7. The quantitative estimate of drug-likeness (QED) is 0.0514. The van der Waals surface area contributed by atoms with E-state index < -0.39 is 68.8 Å². The van der Waals surface area contributed by atoms with Crippen molar-refractivity contribution in [3.05, 3.63) is 157 Å². The minimum absolute atomic E-state index is 0. The van der Waals surface area contributed by atoms with Gasteiger partial charge in [0.1, 0.15) is 0 Å². The Kier molecular flexibility index (Phi) is 18.9. The number of carboxylic acids is 1. The van der Waals surface area contributed by atoms with Gasteiger partial charge in [-0.2, -0.15) is 0 Å². The van der Waals surface area contributed by atoms with Gasteiger partial charge < -0.3 is 28.8 Å². The zero-order valence-electron chi connectivity index (χ0n) is 31.9. The maximum atomic E-state index is 13.7. The van der Waals surface area contributed by atoms with E-state index in [1.54, 1.807) is 6.07 Å². The summed E-state index contributed by atoms with van der Waals surface area (Å²) in [5.74, 6) is -6.89. The minimum atomic E-state index is -1.50. The third-order valence-electron chi connectivity index (χ3n) is 8.62. The molecular formula is C44H42O10P2Pd-. The Balaban J connectivity index is 0.00000166. The predicted octanol–water partition coefficient (Wildman–Crippen LogP) is 4.51. The van der Waals surface area contributed by atoms with Gasteiger partial charge in [-0.3, -0.25) is 19.2 Å². The molecule has 0 unspecified atom stereocenters. The van der Waals surface area contributed by atoms with Crippen molar-refractivity contribution in [2.75, 3.05) is 28.4 Å². The molecule has 0 bridgehead atoms. The second kappa shape index (κ2) is 23.3. The summed E-state index contributed by atoms with van der Waals surface area (Å²) in [6.45, 7) is 0.972. The SMILES string of the molecule is CC(=O)[O-].COC(=O)C(C(=O)OC)[C@H](c1[c]c([C@@H](C(C(=O)OC)C(=O)OC)P(c2ccccc2)c2ccccc2)ccc1)P(c1ccccc1)c1ccccc1.[Pd]. The number of esters is 4. The van der Waals surface area contributed by atoms with Gasteiger partial charge in [-0.25, -0.2) is 0 Å². The summed E-state index contributed by atoms with van der Waals surface area (Å²) >= 11 is 0. The van der Waals surface area contributed by atoms with Gasteiger partial charge in [-0.15, -0.1) is 0 Å². The molecule has 57 heavy (non-hydrogen) atoms. The maximum Gasteiger partial charge on any atom is 0.321 e. The molecule has 0 fully saturated rings. The van der Waals surface area contributed by atoms with E-state index in [0.29, 0.717) is 11.1 Å². The summed E-state index contributed by atoms with van der Waals surface area (Å²) in [5, 5.41) is 12.5. The molecule has 5 rings (SSSR count). The first-order chi connectivity index (χ1) is 27.1. The average Bonchev–Trinajstić information content (AvgIpc) is 3.24. The molecule has 0 heterocycles. The molecule has 299 valence electrons. The van der Waals surface area contributed by atoms with Crippen molar-refractivity contribution in [1.82, 2.24) is 0 Å². The molecule has 0 aliphatic carbocycles. The van der Waals surface area contributed by atoms with Crippen LogP contribution in [-0.4, -0.2) is 58.3 Å². The number of hydrogen-bond donors (Lipinski definition) is 0. The molecule has 5 aromatic carbocycles. The number of benzene rings is 5. The van der Waals surface area contributed by atoms with Gasteiger partial charge in [-0.05, 0) is 61.2 Å². The Morgan fingerprint density at radius 2 is 0.684 bits per heavy atom. The third-order valence-corrected chi connectivity index (χ3v) is 14.3. The van der Waals surface area contributed by atoms with Crippen molar-refractivity contribution in [2.45, 2.75) is 18.2 Å². The fourth-order valence-electron chi connectivity index (χ4n) is 6.30. The van der Waals surface area contributed by atoms with E-state index in [1.807, 2.05) is 133 Å². The molecule has 0 N–H and O–H groups in total. The maximum absolute atomic E-state index is 13.7. The van der Waals surface area contributed by atoms with E-state index >= 15 is 0 Å². The normalized spacial score (nSPS) is 11.7. The van der Waals surface area contributed by atoms with Crippen LogP contribution < -0.4 is 26.3 Å². The van der Waals surface area contributed by atoms with Crippen molar-refractivity contribution < 1.29 is 68.4 Å². The molecule has 5 aromatic rings. The van der Waals surface area contributed by atoms with Crippen LogP contribution in [0.25, 0.3) is 0 Å². The van der Waals surface area contributed by atoms with E-state index in [1.165, 1.54) is 28.4 Å².